The second-order valence-electron chi connectivity index (χ2n) is 8.89. The van der Waals surface area contributed by atoms with Crippen molar-refractivity contribution in [1.29, 1.82) is 0 Å². The van der Waals surface area contributed by atoms with Crippen LogP contribution in [0.15, 0.2) is 54.9 Å². The van der Waals surface area contributed by atoms with Gasteiger partial charge < -0.3 is 19.7 Å². The summed E-state index contributed by atoms with van der Waals surface area (Å²) < 4.78 is 11.6. The Balaban J connectivity index is 1.38. The summed E-state index contributed by atoms with van der Waals surface area (Å²) in [5, 5.41) is 5.42. The van der Waals surface area contributed by atoms with Gasteiger partial charge in [-0.25, -0.2) is 4.98 Å². The van der Waals surface area contributed by atoms with E-state index in [1.54, 1.807) is 13.1 Å². The van der Waals surface area contributed by atoms with Crippen LogP contribution >= 0.6 is 0 Å². The van der Waals surface area contributed by atoms with Crippen LogP contribution in [0.1, 0.15) is 38.4 Å². The highest BCUT2D eigenvalue weighted by atomic mass is 16.5. The fourth-order valence-corrected chi connectivity index (χ4v) is 4.20. The van der Waals surface area contributed by atoms with Crippen LogP contribution < -0.4 is 10.1 Å². The van der Waals surface area contributed by atoms with E-state index in [-0.39, 0.29) is 5.91 Å². The maximum absolute atomic E-state index is 11.6. The van der Waals surface area contributed by atoms with Crippen LogP contribution in [0.2, 0.25) is 0 Å². The van der Waals surface area contributed by atoms with E-state index in [1.807, 2.05) is 54.4 Å². The SMILES string of the molecule is C/C=C(\NCOCCC)c1ccc(Oc2ccc3cnc(CN4CCN(C(C)=O)CC4)cc3c2)nc1. The normalized spacial score (nSPS) is 14.8. The number of piperazine rings is 1. The molecule has 1 saturated heterocycles. The second kappa shape index (κ2) is 12.5. The lowest BCUT2D eigenvalue weighted by molar-refractivity contribution is -0.130. The number of carbonyl (C=O) groups is 1. The van der Waals surface area contributed by atoms with Crippen molar-refractivity contribution in [2.24, 2.45) is 0 Å². The molecule has 0 aliphatic carbocycles. The van der Waals surface area contributed by atoms with E-state index in [0.29, 0.717) is 12.6 Å². The van der Waals surface area contributed by atoms with E-state index in [2.05, 4.69) is 33.2 Å². The molecule has 0 spiro atoms. The topological polar surface area (TPSA) is 79.8 Å². The predicted octanol–water partition coefficient (Wildman–Crippen LogP) is 4.42. The molecule has 1 N–H and O–H groups in total. The third-order valence-electron chi connectivity index (χ3n) is 6.22. The van der Waals surface area contributed by atoms with Crippen LogP contribution in [0.5, 0.6) is 11.6 Å². The first-order chi connectivity index (χ1) is 17.6. The van der Waals surface area contributed by atoms with Gasteiger partial charge in [-0.1, -0.05) is 13.0 Å². The largest absolute Gasteiger partial charge is 0.439 e. The lowest BCUT2D eigenvalue weighted by atomic mass is 10.1. The van der Waals surface area contributed by atoms with Crippen molar-refractivity contribution in [3.05, 3.63) is 66.1 Å². The van der Waals surface area contributed by atoms with Gasteiger partial charge in [0.1, 0.15) is 12.5 Å². The maximum atomic E-state index is 11.6. The average Bonchev–Trinajstić information content (AvgIpc) is 2.89. The molecule has 2 aromatic heterocycles. The van der Waals surface area contributed by atoms with Crippen molar-refractivity contribution in [1.82, 2.24) is 25.1 Å². The Morgan fingerprint density at radius 1 is 1.06 bits per heavy atom. The standard InChI is InChI=1S/C28H35N5O3/c1-4-14-35-20-31-27(5-2)23-7-9-28(30-18-23)36-26-8-6-22-17-29-25(15-24(22)16-26)19-32-10-12-33(13-11-32)21(3)34/h5-9,15-18,31H,4,10-14,19-20H2,1-3H3/b27-5-. The number of allylic oxidation sites excluding steroid dienone is 1. The molecule has 3 aromatic rings. The molecule has 1 fully saturated rings. The smallest absolute Gasteiger partial charge is 0.219 e. The minimum atomic E-state index is 0.145. The van der Waals surface area contributed by atoms with Crippen molar-refractivity contribution in [2.45, 2.75) is 33.7 Å². The molecular formula is C28H35N5O3. The van der Waals surface area contributed by atoms with Crippen molar-refractivity contribution in [2.75, 3.05) is 39.5 Å². The first kappa shape index (κ1) is 25.6. The summed E-state index contributed by atoms with van der Waals surface area (Å²) in [4.78, 5) is 24.9. The van der Waals surface area contributed by atoms with Crippen molar-refractivity contribution in [3.8, 4) is 11.6 Å². The van der Waals surface area contributed by atoms with Gasteiger partial charge in [-0.3, -0.25) is 14.7 Å². The van der Waals surface area contributed by atoms with Crippen molar-refractivity contribution in [3.63, 3.8) is 0 Å². The Bertz CT molecular complexity index is 1190. The van der Waals surface area contributed by atoms with E-state index in [0.717, 1.165) is 79.2 Å². The van der Waals surface area contributed by atoms with Gasteiger partial charge in [0.2, 0.25) is 11.8 Å². The van der Waals surface area contributed by atoms with Gasteiger partial charge in [0.05, 0.1) is 5.69 Å². The monoisotopic (exact) mass is 489 g/mol. The van der Waals surface area contributed by atoms with Gasteiger partial charge in [-0.05, 0) is 49.1 Å². The maximum Gasteiger partial charge on any atom is 0.219 e. The highest BCUT2D eigenvalue weighted by Crippen LogP contribution is 2.26. The van der Waals surface area contributed by atoms with Gasteiger partial charge >= 0.3 is 0 Å². The molecular weight excluding hydrogens is 454 g/mol. The fraction of sp³-hybridized carbons (Fsp3) is 0.393. The molecule has 0 bridgehead atoms. The van der Waals surface area contributed by atoms with Gasteiger partial charge in [-0.2, -0.15) is 0 Å². The van der Waals surface area contributed by atoms with E-state index in [9.17, 15) is 4.79 Å². The molecule has 190 valence electrons. The highest BCUT2D eigenvalue weighted by molar-refractivity contribution is 5.83. The lowest BCUT2D eigenvalue weighted by Crippen LogP contribution is -2.47. The Morgan fingerprint density at radius 3 is 2.58 bits per heavy atom. The molecule has 3 heterocycles. The van der Waals surface area contributed by atoms with Crippen LogP contribution in [0.25, 0.3) is 16.5 Å². The number of aromatic nitrogens is 2. The lowest BCUT2D eigenvalue weighted by Gasteiger charge is -2.33. The summed E-state index contributed by atoms with van der Waals surface area (Å²) in [6.45, 7) is 10.9. The minimum Gasteiger partial charge on any atom is -0.439 e. The first-order valence-electron chi connectivity index (χ1n) is 12.5. The minimum absolute atomic E-state index is 0.145. The summed E-state index contributed by atoms with van der Waals surface area (Å²) in [6, 6.07) is 11.9. The molecule has 1 amide bonds. The molecule has 1 aliphatic rings. The summed E-state index contributed by atoms with van der Waals surface area (Å²) >= 11 is 0. The van der Waals surface area contributed by atoms with Crippen molar-refractivity contribution >= 4 is 22.4 Å². The third-order valence-corrected chi connectivity index (χ3v) is 6.22. The van der Waals surface area contributed by atoms with Crippen LogP contribution in [-0.4, -0.2) is 65.2 Å². The number of benzene rings is 1. The number of hydrogen-bond acceptors (Lipinski definition) is 7. The quantitative estimate of drug-likeness (QED) is 0.334. The third kappa shape index (κ3) is 6.80. The highest BCUT2D eigenvalue weighted by Gasteiger charge is 2.19. The average molecular weight is 490 g/mol. The van der Waals surface area contributed by atoms with Gasteiger partial charge in [0.25, 0.3) is 0 Å². The van der Waals surface area contributed by atoms with Crippen LogP contribution in [-0.2, 0) is 16.1 Å². The number of nitrogens with one attached hydrogen (secondary N) is 1. The number of carbonyl (C=O) groups excluding carboxylic acids is 1. The summed E-state index contributed by atoms with van der Waals surface area (Å²) in [6.07, 6.45) is 6.70. The Morgan fingerprint density at radius 2 is 1.89 bits per heavy atom. The van der Waals surface area contributed by atoms with Crippen LogP contribution in [0, 0.1) is 0 Å². The van der Waals surface area contributed by atoms with Gasteiger partial charge in [-0.15, -0.1) is 0 Å². The molecule has 1 aliphatic heterocycles. The number of fused-ring (bicyclic) bond motifs is 1. The van der Waals surface area contributed by atoms with Crippen molar-refractivity contribution < 1.29 is 14.3 Å². The summed E-state index contributed by atoms with van der Waals surface area (Å²) in [7, 11) is 0. The number of pyridine rings is 2. The molecule has 8 nitrogen and oxygen atoms in total. The zero-order valence-corrected chi connectivity index (χ0v) is 21.4. The van der Waals surface area contributed by atoms with Gasteiger partial charge in [0, 0.05) is 81.4 Å². The molecule has 36 heavy (non-hydrogen) atoms. The molecule has 0 atom stereocenters. The van der Waals surface area contributed by atoms with Crippen LogP contribution in [0.3, 0.4) is 0 Å². The van der Waals surface area contributed by atoms with Gasteiger partial charge in [0.15, 0.2) is 0 Å². The summed E-state index contributed by atoms with van der Waals surface area (Å²) in [5.74, 6) is 1.41. The number of amides is 1. The number of hydrogen-bond donors (Lipinski definition) is 1. The van der Waals surface area contributed by atoms with E-state index >= 15 is 0 Å². The number of rotatable bonds is 10. The molecule has 8 heteroatoms. The number of ether oxygens (including phenoxy) is 2. The Hall–Kier alpha value is -3.49. The number of nitrogens with zero attached hydrogens (tertiary/aromatic N) is 4. The zero-order valence-electron chi connectivity index (χ0n) is 21.4. The first-order valence-corrected chi connectivity index (χ1v) is 12.5. The summed E-state index contributed by atoms with van der Waals surface area (Å²) in [5.41, 5.74) is 2.95. The molecule has 0 saturated carbocycles. The predicted molar refractivity (Wildman–Crippen MR) is 141 cm³/mol. The van der Waals surface area contributed by atoms with E-state index in [1.165, 1.54) is 0 Å². The Kier molecular flexibility index (Phi) is 8.86. The Labute approximate surface area is 212 Å². The second-order valence-corrected chi connectivity index (χ2v) is 8.89. The van der Waals surface area contributed by atoms with Crippen LogP contribution in [0.4, 0.5) is 0 Å². The van der Waals surface area contributed by atoms with E-state index in [4.69, 9.17) is 9.47 Å². The molecule has 4 rings (SSSR count). The molecule has 0 radical (unpaired) electrons. The molecule has 0 unspecified atom stereocenters. The fourth-order valence-electron chi connectivity index (χ4n) is 4.20. The molecule has 1 aromatic carbocycles. The zero-order chi connectivity index (χ0) is 25.3. The van der Waals surface area contributed by atoms with E-state index < -0.39 is 0 Å².